The molecule has 5 amide bonds. The molecule has 4 atom stereocenters. The predicted molar refractivity (Wildman–Crippen MR) is 121 cm³/mol. The van der Waals surface area contributed by atoms with E-state index in [1.54, 1.807) is 0 Å². The quantitative estimate of drug-likeness (QED) is 0.120. The summed E-state index contributed by atoms with van der Waals surface area (Å²) in [4.78, 5) is 78.7. The Kier molecular flexibility index (Phi) is 11.3. The molecule has 0 aliphatic rings. The number of nitrogens with one attached hydrogen (secondary N) is 4. The molecule has 0 aliphatic heterocycles. The number of amides is 5. The normalized spacial score (nSPS) is 14.3. The highest BCUT2D eigenvalue weighted by molar-refractivity contribution is 5.96. The third-order valence-corrected chi connectivity index (χ3v) is 4.73. The van der Waals surface area contributed by atoms with Gasteiger partial charge in [-0.25, -0.2) is 9.78 Å². The molecule has 15 heteroatoms. The van der Waals surface area contributed by atoms with Crippen LogP contribution >= 0.6 is 0 Å². The van der Waals surface area contributed by atoms with E-state index >= 15 is 0 Å². The zero-order valence-electron chi connectivity index (χ0n) is 19.4. The van der Waals surface area contributed by atoms with Gasteiger partial charge in [-0.15, -0.1) is 0 Å². The summed E-state index contributed by atoms with van der Waals surface area (Å²) in [6.07, 6.45) is 1.69. The van der Waals surface area contributed by atoms with Gasteiger partial charge in [0.05, 0.1) is 25.2 Å². The van der Waals surface area contributed by atoms with Crippen LogP contribution in [0.1, 0.15) is 38.8 Å². The molecule has 0 spiro atoms. The van der Waals surface area contributed by atoms with E-state index in [0.29, 0.717) is 12.1 Å². The summed E-state index contributed by atoms with van der Waals surface area (Å²) in [6.45, 7) is 3.75. The first-order chi connectivity index (χ1) is 16.3. The number of rotatable bonds is 15. The summed E-state index contributed by atoms with van der Waals surface area (Å²) in [5.74, 6) is -5.97. The Bertz CT molecular complexity index is 919. The maximum atomic E-state index is 13.0. The number of hydrogen-bond acceptors (Lipinski definition) is 8. The average molecular weight is 497 g/mol. The van der Waals surface area contributed by atoms with Crippen LogP contribution in [0.15, 0.2) is 12.5 Å². The molecule has 15 nitrogen and oxygen atoms in total. The molecule has 0 saturated heterocycles. The fraction of sp³-hybridized carbons (Fsp3) is 0.550. The van der Waals surface area contributed by atoms with E-state index in [-0.39, 0.29) is 12.3 Å². The number of nitrogens with two attached hydrogens (primary N) is 3. The number of H-pyrrole nitrogens is 1. The van der Waals surface area contributed by atoms with Crippen LogP contribution in [0.3, 0.4) is 0 Å². The summed E-state index contributed by atoms with van der Waals surface area (Å²) >= 11 is 0. The minimum atomic E-state index is -1.69. The molecule has 4 unspecified atom stereocenters. The molecule has 0 bridgehead atoms. The first-order valence-corrected chi connectivity index (χ1v) is 10.7. The van der Waals surface area contributed by atoms with E-state index in [0.717, 1.165) is 0 Å². The van der Waals surface area contributed by atoms with E-state index < -0.39 is 72.5 Å². The average Bonchev–Trinajstić information content (AvgIpc) is 3.24. The van der Waals surface area contributed by atoms with Gasteiger partial charge in [0.2, 0.25) is 29.5 Å². The second-order valence-electron chi connectivity index (χ2n) is 8.38. The topological polar surface area (TPSA) is 265 Å². The van der Waals surface area contributed by atoms with Crippen molar-refractivity contribution >= 4 is 35.5 Å². The minimum absolute atomic E-state index is 0.0592. The lowest BCUT2D eigenvalue weighted by Gasteiger charge is -2.24. The van der Waals surface area contributed by atoms with Gasteiger partial charge in [-0.05, 0) is 12.3 Å². The number of carbonyl (C=O) groups excluding carboxylic acids is 5. The highest BCUT2D eigenvalue weighted by Gasteiger charge is 2.32. The molecular formula is C20H32N8O7. The lowest BCUT2D eigenvalue weighted by atomic mass is 10.0. The Morgan fingerprint density at radius 1 is 0.914 bits per heavy atom. The number of aromatic amines is 1. The first-order valence-electron chi connectivity index (χ1n) is 10.7. The standard InChI is InChI=1S/C20H32N8O7/c1-9(2)3-11(21)17(31)26-12(4-10-7-24-8-25-10)18(32)27-13(5-15(22)29)19(33)28-14(20(34)35)6-16(23)30/h7-9,11-14H,3-6,21H2,1-2H3,(H2,22,29)(H2,23,30)(H,24,25)(H,26,31)(H,27,32)(H,28,33)(H,34,35). The van der Waals surface area contributed by atoms with Gasteiger partial charge in [0.15, 0.2) is 0 Å². The monoisotopic (exact) mass is 496 g/mol. The van der Waals surface area contributed by atoms with Gasteiger partial charge in [-0.2, -0.15) is 0 Å². The van der Waals surface area contributed by atoms with Gasteiger partial charge < -0.3 is 43.2 Å². The Balaban J connectivity index is 3.07. The molecule has 1 aromatic heterocycles. The molecule has 0 fully saturated rings. The SMILES string of the molecule is CC(C)CC(N)C(=O)NC(Cc1cnc[nH]1)C(=O)NC(CC(N)=O)C(=O)NC(CC(N)=O)C(=O)O. The zero-order valence-corrected chi connectivity index (χ0v) is 19.4. The van der Waals surface area contributed by atoms with Crippen LogP contribution in [-0.2, 0) is 35.2 Å². The Morgan fingerprint density at radius 2 is 1.43 bits per heavy atom. The maximum absolute atomic E-state index is 13.0. The molecule has 194 valence electrons. The van der Waals surface area contributed by atoms with Gasteiger partial charge in [0.25, 0.3) is 0 Å². The first kappa shape index (κ1) is 29.0. The molecule has 1 rings (SSSR count). The highest BCUT2D eigenvalue weighted by Crippen LogP contribution is 2.06. The van der Waals surface area contributed by atoms with Crippen molar-refractivity contribution < 1.29 is 33.9 Å². The molecular weight excluding hydrogens is 464 g/mol. The van der Waals surface area contributed by atoms with E-state index in [9.17, 15) is 33.9 Å². The van der Waals surface area contributed by atoms with E-state index in [1.165, 1.54) is 12.5 Å². The van der Waals surface area contributed by atoms with Crippen molar-refractivity contribution in [1.29, 1.82) is 0 Å². The molecule has 35 heavy (non-hydrogen) atoms. The van der Waals surface area contributed by atoms with Crippen LogP contribution in [-0.4, -0.2) is 74.7 Å². The summed E-state index contributed by atoms with van der Waals surface area (Å²) in [7, 11) is 0. The third-order valence-electron chi connectivity index (χ3n) is 4.73. The predicted octanol–water partition coefficient (Wildman–Crippen LogP) is -3.38. The second-order valence-corrected chi connectivity index (χ2v) is 8.38. The Morgan fingerprint density at radius 3 is 1.91 bits per heavy atom. The van der Waals surface area contributed by atoms with Crippen LogP contribution in [0.25, 0.3) is 0 Å². The van der Waals surface area contributed by atoms with Crippen LogP contribution in [0, 0.1) is 5.92 Å². The number of primary amides is 2. The lowest BCUT2D eigenvalue weighted by Crippen LogP contribution is -2.58. The molecule has 11 N–H and O–H groups in total. The lowest BCUT2D eigenvalue weighted by molar-refractivity contribution is -0.144. The summed E-state index contributed by atoms with van der Waals surface area (Å²) in [5, 5.41) is 16.0. The van der Waals surface area contributed by atoms with Gasteiger partial charge in [-0.1, -0.05) is 13.8 Å². The number of imidazole rings is 1. The highest BCUT2D eigenvalue weighted by atomic mass is 16.4. The van der Waals surface area contributed by atoms with Gasteiger partial charge in [0.1, 0.15) is 18.1 Å². The van der Waals surface area contributed by atoms with Crippen molar-refractivity contribution in [2.24, 2.45) is 23.1 Å². The summed E-state index contributed by atoms with van der Waals surface area (Å²) in [5.41, 5.74) is 16.5. The number of carboxylic acid groups (broad SMARTS) is 1. The van der Waals surface area contributed by atoms with Crippen molar-refractivity contribution in [3.63, 3.8) is 0 Å². The fourth-order valence-corrected chi connectivity index (χ4v) is 3.08. The van der Waals surface area contributed by atoms with E-state index in [2.05, 4.69) is 20.6 Å². The van der Waals surface area contributed by atoms with Crippen molar-refractivity contribution in [2.75, 3.05) is 0 Å². The third kappa shape index (κ3) is 10.6. The van der Waals surface area contributed by atoms with Crippen LogP contribution in [0.2, 0.25) is 0 Å². The van der Waals surface area contributed by atoms with Gasteiger partial charge >= 0.3 is 5.97 Å². The number of carboxylic acids is 1. The molecule has 1 aromatic rings. The smallest absolute Gasteiger partial charge is 0.326 e. The van der Waals surface area contributed by atoms with Gasteiger partial charge in [-0.3, -0.25) is 24.0 Å². The number of aromatic nitrogens is 2. The number of nitrogens with zero attached hydrogens (tertiary/aromatic N) is 1. The zero-order chi connectivity index (χ0) is 26.7. The molecule has 0 aromatic carbocycles. The number of aliphatic carboxylic acids is 1. The van der Waals surface area contributed by atoms with E-state index in [1.807, 2.05) is 19.2 Å². The fourth-order valence-electron chi connectivity index (χ4n) is 3.08. The molecule has 1 heterocycles. The Hall–Kier alpha value is -4.01. The maximum Gasteiger partial charge on any atom is 0.326 e. The van der Waals surface area contributed by atoms with Crippen molar-refractivity contribution in [3.05, 3.63) is 18.2 Å². The van der Waals surface area contributed by atoms with Crippen LogP contribution in [0.5, 0.6) is 0 Å². The van der Waals surface area contributed by atoms with Crippen molar-refractivity contribution in [3.8, 4) is 0 Å². The minimum Gasteiger partial charge on any atom is -0.480 e. The van der Waals surface area contributed by atoms with Gasteiger partial charge in [0, 0.05) is 18.3 Å². The summed E-state index contributed by atoms with van der Waals surface area (Å²) in [6, 6.07) is -5.42. The van der Waals surface area contributed by atoms with Crippen molar-refractivity contribution in [1.82, 2.24) is 25.9 Å². The largest absolute Gasteiger partial charge is 0.480 e. The molecule has 0 radical (unpaired) electrons. The van der Waals surface area contributed by atoms with Crippen molar-refractivity contribution in [2.45, 2.75) is 63.7 Å². The Labute approximate surface area is 200 Å². The summed E-state index contributed by atoms with van der Waals surface area (Å²) < 4.78 is 0. The molecule has 0 saturated carbocycles. The second kappa shape index (κ2) is 13.6. The van der Waals surface area contributed by atoms with Crippen LogP contribution in [0.4, 0.5) is 0 Å². The number of hydrogen-bond donors (Lipinski definition) is 8. The molecule has 0 aliphatic carbocycles. The van der Waals surface area contributed by atoms with E-state index in [4.69, 9.17) is 17.2 Å². The van der Waals surface area contributed by atoms with Crippen LogP contribution < -0.4 is 33.2 Å². The number of carbonyl (C=O) groups is 6.